The van der Waals surface area contributed by atoms with Crippen molar-refractivity contribution in [2.75, 3.05) is 6.54 Å². The molecule has 0 aliphatic carbocycles. The smallest absolute Gasteiger partial charge is 0.375 e. The number of hydrogen-bond donors (Lipinski definition) is 4. The molecule has 160 valence electrons. The van der Waals surface area contributed by atoms with Crippen molar-refractivity contribution >= 4 is 23.6 Å². The van der Waals surface area contributed by atoms with E-state index in [4.69, 9.17) is 35.2 Å². The molecular weight excluding hydrogens is 414 g/mol. The zero-order chi connectivity index (χ0) is 21.2. The van der Waals surface area contributed by atoms with Crippen molar-refractivity contribution in [3.63, 3.8) is 0 Å². The molecule has 4 saturated heterocycles. The second-order valence-electron chi connectivity index (χ2n) is 7.08. The second-order valence-corrected chi connectivity index (χ2v) is 7.08. The summed E-state index contributed by atoms with van der Waals surface area (Å²) in [5.74, 6) is -9.93. The molecule has 0 radical (unpaired) electrons. The monoisotopic (exact) mass is 427 g/mol. The summed E-state index contributed by atoms with van der Waals surface area (Å²) in [6.45, 7) is -0.532. The van der Waals surface area contributed by atoms with E-state index in [-0.39, 0.29) is 24.4 Å². The summed E-state index contributed by atoms with van der Waals surface area (Å²) in [5, 5.41) is 14.4. The van der Waals surface area contributed by atoms with Crippen molar-refractivity contribution < 1.29 is 48.1 Å². The topological polar surface area (TPSA) is 226 Å². The molecule has 5 aliphatic rings. The van der Waals surface area contributed by atoms with Crippen LogP contribution in [0.25, 0.3) is 0 Å². The maximum Gasteiger partial charge on any atom is 0.389 e. The van der Waals surface area contributed by atoms with Gasteiger partial charge >= 0.3 is 23.6 Å². The number of carbonyl (C=O) groups excluding carboxylic acids is 4. The molecule has 30 heavy (non-hydrogen) atoms. The Morgan fingerprint density at radius 1 is 1.13 bits per heavy atom. The lowest BCUT2D eigenvalue weighted by atomic mass is 10.2. The Kier molecular flexibility index (Phi) is 2.95. The van der Waals surface area contributed by atoms with Gasteiger partial charge in [0.15, 0.2) is 5.69 Å². The fourth-order valence-electron chi connectivity index (χ4n) is 3.42. The molecule has 6 rings (SSSR count). The van der Waals surface area contributed by atoms with Crippen molar-refractivity contribution in [2.24, 2.45) is 11.5 Å². The molecule has 6 heterocycles. The Hall–Kier alpha value is -3.06. The van der Waals surface area contributed by atoms with Crippen LogP contribution in [0, 0.1) is 0 Å². The number of rotatable bonds is 1. The number of fused-ring (bicyclic) bond motifs is 2. The van der Waals surface area contributed by atoms with Gasteiger partial charge in [0, 0.05) is 6.42 Å². The zero-order valence-corrected chi connectivity index (χ0v) is 14.8. The average molecular weight is 427 g/mol. The largest absolute Gasteiger partial charge is 0.389 e. The van der Waals surface area contributed by atoms with Crippen LogP contribution in [0.4, 0.5) is 0 Å². The summed E-state index contributed by atoms with van der Waals surface area (Å²) in [4.78, 5) is 64.4. The van der Waals surface area contributed by atoms with Crippen molar-refractivity contribution in [3.8, 4) is 0 Å². The zero-order valence-electron chi connectivity index (χ0n) is 14.8. The van der Waals surface area contributed by atoms with Gasteiger partial charge in [0.1, 0.15) is 0 Å². The fourth-order valence-corrected chi connectivity index (χ4v) is 3.42. The number of hydrogen-bond acceptors (Lipinski definition) is 12. The van der Waals surface area contributed by atoms with Crippen LogP contribution < -0.4 is 16.8 Å². The molecule has 4 fully saturated rings. The van der Waals surface area contributed by atoms with Crippen LogP contribution in [0.2, 0.25) is 0 Å². The van der Waals surface area contributed by atoms with E-state index in [2.05, 4.69) is 5.32 Å². The van der Waals surface area contributed by atoms with Gasteiger partial charge in [0.25, 0.3) is 12.1 Å². The van der Waals surface area contributed by atoms with Gasteiger partial charge in [-0.15, -0.1) is 10.1 Å². The highest BCUT2D eigenvalue weighted by Crippen LogP contribution is 2.62. The number of aliphatic hydroxyl groups is 1. The van der Waals surface area contributed by atoms with E-state index in [1.54, 1.807) is 0 Å². The first kappa shape index (κ1) is 17.8. The molecule has 5 aliphatic heterocycles. The third-order valence-corrected chi connectivity index (χ3v) is 4.98. The number of ether oxygens (including phenoxy) is 1. The van der Waals surface area contributed by atoms with Crippen molar-refractivity contribution in [1.29, 1.82) is 0 Å². The predicted molar refractivity (Wildman–Crippen MR) is 79.7 cm³/mol. The summed E-state index contributed by atoms with van der Waals surface area (Å²) in [6, 6.07) is 0. The Labute approximate surface area is 164 Å². The number of nitrogens with two attached hydrogens (primary N) is 2. The Balaban J connectivity index is 1.38. The molecule has 3 atom stereocenters. The summed E-state index contributed by atoms with van der Waals surface area (Å²) in [7, 11) is 0. The SMILES string of the molecule is NC(N)(O)c1on2c1C13ON1C(=O)C1(ON1C(=O)C1ON1C(=O)CNC(=O)CC2)O3. The molecule has 6 N–H and O–H groups in total. The fraction of sp³-hybridized carbons (Fsp3) is 0.538. The molecule has 0 aromatic carbocycles. The second kappa shape index (κ2) is 4.98. The molecule has 1 aromatic rings. The highest BCUT2D eigenvalue weighted by Gasteiger charge is 2.89. The normalized spacial score (nSPS) is 35.2. The lowest BCUT2D eigenvalue weighted by Gasteiger charge is -2.27. The third-order valence-electron chi connectivity index (χ3n) is 4.98. The predicted octanol–water partition coefficient (Wildman–Crippen LogP) is -4.94. The van der Waals surface area contributed by atoms with Crippen LogP contribution in [-0.2, 0) is 56.7 Å². The molecule has 4 amide bonds. The van der Waals surface area contributed by atoms with E-state index in [0.717, 1.165) is 14.9 Å². The van der Waals surface area contributed by atoms with Gasteiger partial charge in [-0.25, -0.2) is 9.58 Å². The van der Waals surface area contributed by atoms with E-state index >= 15 is 0 Å². The quantitative estimate of drug-likeness (QED) is 0.244. The number of aromatic nitrogens is 1. The first-order chi connectivity index (χ1) is 14.1. The standard InChI is InChI=1S/C13H13N7O10/c14-11(15,25)7-6-12-20(29-12)10(24)13(28-12)19(30-13)8(23)9-18(27-9)5(22)3-16-4(21)1-2-17(6)26-7/h9,25H,1-3,14-15H2,(H,16,21). The van der Waals surface area contributed by atoms with Gasteiger partial charge in [-0.2, -0.15) is 14.7 Å². The first-order valence-corrected chi connectivity index (χ1v) is 8.62. The molecule has 17 heteroatoms. The molecule has 17 nitrogen and oxygen atoms in total. The van der Waals surface area contributed by atoms with Gasteiger partial charge in [-0.05, 0) is 0 Å². The number of carbonyl (C=O) groups is 4. The van der Waals surface area contributed by atoms with Crippen LogP contribution in [0.15, 0.2) is 4.52 Å². The molecule has 2 bridgehead atoms. The van der Waals surface area contributed by atoms with Crippen LogP contribution in [0.5, 0.6) is 0 Å². The van der Waals surface area contributed by atoms with E-state index in [1.807, 2.05) is 0 Å². The van der Waals surface area contributed by atoms with Gasteiger partial charge in [-0.3, -0.25) is 35.4 Å². The number of nitrogens with one attached hydrogen (secondary N) is 1. The number of nitrogens with zero attached hydrogens (tertiary/aromatic N) is 4. The molecule has 1 aromatic heterocycles. The summed E-state index contributed by atoms with van der Waals surface area (Å²) in [6.07, 6.45) is -1.51. The lowest BCUT2D eigenvalue weighted by molar-refractivity contribution is -0.180. The third kappa shape index (κ3) is 2.08. The molecular formula is C13H13N7O10. The van der Waals surface area contributed by atoms with Crippen molar-refractivity contribution in [1.82, 2.24) is 25.2 Å². The summed E-state index contributed by atoms with van der Waals surface area (Å²) >= 11 is 0. The Morgan fingerprint density at radius 3 is 2.60 bits per heavy atom. The van der Waals surface area contributed by atoms with Crippen LogP contribution in [-0.4, -0.2) is 67.3 Å². The number of hydroxylamine groups is 6. The van der Waals surface area contributed by atoms with Gasteiger partial charge in [0.2, 0.25) is 17.5 Å². The summed E-state index contributed by atoms with van der Waals surface area (Å²) in [5.41, 5.74) is 10.9. The minimum Gasteiger partial charge on any atom is -0.375 e. The maximum absolute atomic E-state index is 12.7. The van der Waals surface area contributed by atoms with Gasteiger partial charge < -0.3 is 14.9 Å². The van der Waals surface area contributed by atoms with E-state index in [1.165, 1.54) is 0 Å². The minimum atomic E-state index is -2.46. The van der Waals surface area contributed by atoms with Gasteiger partial charge in [-0.1, -0.05) is 0 Å². The maximum atomic E-state index is 12.7. The Morgan fingerprint density at radius 2 is 1.87 bits per heavy atom. The molecule has 2 spiro atoms. The van der Waals surface area contributed by atoms with E-state index < -0.39 is 54.1 Å². The number of amides is 4. The number of aryl methyl sites for hydroxylation is 1. The minimum absolute atomic E-state index is 0.0915. The van der Waals surface area contributed by atoms with E-state index in [0.29, 0.717) is 5.06 Å². The van der Waals surface area contributed by atoms with E-state index in [9.17, 15) is 24.3 Å². The summed E-state index contributed by atoms with van der Waals surface area (Å²) < 4.78 is 11.9. The first-order valence-electron chi connectivity index (χ1n) is 8.62. The van der Waals surface area contributed by atoms with Gasteiger partial charge in [0.05, 0.1) is 13.1 Å². The molecule has 3 unspecified atom stereocenters. The van der Waals surface area contributed by atoms with Crippen LogP contribution >= 0.6 is 0 Å². The van der Waals surface area contributed by atoms with Crippen LogP contribution in [0.3, 0.4) is 0 Å². The van der Waals surface area contributed by atoms with Crippen LogP contribution in [0.1, 0.15) is 17.9 Å². The molecule has 0 saturated carbocycles. The highest BCUT2D eigenvalue weighted by atomic mass is 17.1. The Bertz CT molecular complexity index is 1040. The highest BCUT2D eigenvalue weighted by molar-refractivity contribution is 5.97. The van der Waals surface area contributed by atoms with Crippen molar-refractivity contribution in [2.45, 2.75) is 36.9 Å². The lowest BCUT2D eigenvalue weighted by Crippen LogP contribution is -2.50. The van der Waals surface area contributed by atoms with Crippen molar-refractivity contribution in [3.05, 3.63) is 11.5 Å². The average Bonchev–Trinajstić information content (AvgIpc) is 3.53.